The van der Waals surface area contributed by atoms with Crippen LogP contribution in [0.2, 0.25) is 0 Å². The van der Waals surface area contributed by atoms with Crippen molar-refractivity contribution >= 4 is 5.97 Å². The van der Waals surface area contributed by atoms with E-state index in [0.29, 0.717) is 5.76 Å². The van der Waals surface area contributed by atoms with E-state index in [2.05, 4.69) is 4.98 Å². The molecule has 1 aromatic rings. The van der Waals surface area contributed by atoms with Gasteiger partial charge in [0.2, 0.25) is 0 Å². The minimum absolute atomic E-state index is 0.0208. The molecule has 0 saturated heterocycles. The van der Waals surface area contributed by atoms with Gasteiger partial charge in [0.1, 0.15) is 5.76 Å². The molecule has 1 aliphatic carbocycles. The highest BCUT2D eigenvalue weighted by Crippen LogP contribution is 2.64. The Balaban J connectivity index is 2.25. The van der Waals surface area contributed by atoms with E-state index < -0.39 is 5.97 Å². The summed E-state index contributed by atoms with van der Waals surface area (Å²) in [6.45, 7) is 3.86. The molecule has 0 radical (unpaired) electrons. The Labute approximate surface area is 75.6 Å². The summed E-state index contributed by atoms with van der Waals surface area (Å²) in [6.07, 6.45) is 2.93. The summed E-state index contributed by atoms with van der Waals surface area (Å²) >= 11 is 0. The fourth-order valence-electron chi connectivity index (χ4n) is 2.01. The number of nitrogens with zero attached hydrogens (tertiary/aromatic N) is 1. The third-order valence-corrected chi connectivity index (χ3v) is 2.85. The van der Waals surface area contributed by atoms with Gasteiger partial charge >= 0.3 is 5.97 Å². The first-order valence-corrected chi connectivity index (χ1v) is 4.16. The Kier molecular flexibility index (Phi) is 1.49. The van der Waals surface area contributed by atoms with E-state index >= 15 is 0 Å². The molecule has 1 aliphatic rings. The van der Waals surface area contributed by atoms with Gasteiger partial charge in [-0.15, -0.1) is 0 Å². The predicted octanol–water partition coefficient (Wildman–Crippen LogP) is 1.50. The monoisotopic (exact) mass is 181 g/mol. The van der Waals surface area contributed by atoms with Gasteiger partial charge in [-0.2, -0.15) is 0 Å². The SMILES string of the molecule is CC1(C)C(C(=O)O)C1c1cnco1. The van der Waals surface area contributed by atoms with Crippen LogP contribution in [0.1, 0.15) is 25.5 Å². The van der Waals surface area contributed by atoms with Crippen molar-refractivity contribution in [3.8, 4) is 0 Å². The highest BCUT2D eigenvalue weighted by Gasteiger charge is 2.64. The summed E-state index contributed by atoms with van der Waals surface area (Å²) in [6, 6.07) is 0. The third kappa shape index (κ3) is 1.05. The Hall–Kier alpha value is -1.32. The minimum Gasteiger partial charge on any atom is -0.481 e. The zero-order valence-corrected chi connectivity index (χ0v) is 7.52. The molecule has 1 heterocycles. The lowest BCUT2D eigenvalue weighted by Crippen LogP contribution is -2.02. The second kappa shape index (κ2) is 2.34. The maximum absolute atomic E-state index is 10.8. The first-order chi connectivity index (χ1) is 6.05. The minimum atomic E-state index is -0.758. The van der Waals surface area contributed by atoms with Crippen molar-refractivity contribution in [1.82, 2.24) is 4.98 Å². The maximum atomic E-state index is 10.8. The molecule has 0 bridgehead atoms. The van der Waals surface area contributed by atoms with Crippen LogP contribution in [0.3, 0.4) is 0 Å². The quantitative estimate of drug-likeness (QED) is 0.750. The van der Waals surface area contributed by atoms with Gasteiger partial charge in [0.05, 0.1) is 12.1 Å². The number of aromatic nitrogens is 1. The van der Waals surface area contributed by atoms with E-state index in [9.17, 15) is 4.79 Å². The van der Waals surface area contributed by atoms with Gasteiger partial charge in [-0.25, -0.2) is 4.98 Å². The summed E-state index contributed by atoms with van der Waals surface area (Å²) in [7, 11) is 0. The number of hydrogen-bond donors (Lipinski definition) is 1. The van der Waals surface area contributed by atoms with E-state index in [1.807, 2.05) is 13.8 Å². The number of aliphatic carboxylic acids is 1. The van der Waals surface area contributed by atoms with Crippen LogP contribution in [-0.2, 0) is 4.79 Å². The molecule has 2 rings (SSSR count). The second-order valence-electron chi connectivity index (χ2n) is 4.02. The Morgan fingerprint density at radius 2 is 2.38 bits per heavy atom. The number of carbonyl (C=O) groups is 1. The van der Waals surface area contributed by atoms with E-state index in [1.165, 1.54) is 6.39 Å². The molecule has 1 aromatic heterocycles. The number of oxazole rings is 1. The van der Waals surface area contributed by atoms with E-state index in [-0.39, 0.29) is 17.3 Å². The average molecular weight is 181 g/mol. The second-order valence-corrected chi connectivity index (χ2v) is 4.02. The first kappa shape index (κ1) is 8.29. The zero-order valence-electron chi connectivity index (χ0n) is 7.52. The highest BCUT2D eigenvalue weighted by atomic mass is 16.4. The fraction of sp³-hybridized carbons (Fsp3) is 0.556. The summed E-state index contributed by atoms with van der Waals surface area (Å²) in [4.78, 5) is 14.6. The third-order valence-electron chi connectivity index (χ3n) is 2.85. The molecule has 2 atom stereocenters. The van der Waals surface area contributed by atoms with Crippen LogP contribution in [0.15, 0.2) is 17.0 Å². The van der Waals surface area contributed by atoms with Crippen molar-refractivity contribution in [2.45, 2.75) is 19.8 Å². The molecular weight excluding hydrogens is 170 g/mol. The smallest absolute Gasteiger partial charge is 0.307 e. The highest BCUT2D eigenvalue weighted by molar-refractivity contribution is 5.77. The molecule has 0 spiro atoms. The average Bonchev–Trinajstić information content (AvgIpc) is 2.50. The van der Waals surface area contributed by atoms with Crippen LogP contribution in [0.4, 0.5) is 0 Å². The van der Waals surface area contributed by atoms with Gasteiger partial charge in [0, 0.05) is 5.92 Å². The normalized spacial score (nSPS) is 30.0. The van der Waals surface area contributed by atoms with Crippen molar-refractivity contribution in [3.63, 3.8) is 0 Å². The number of carboxylic acid groups (broad SMARTS) is 1. The predicted molar refractivity (Wildman–Crippen MR) is 44.2 cm³/mol. The molecular formula is C9H11NO3. The van der Waals surface area contributed by atoms with Crippen LogP contribution in [0.25, 0.3) is 0 Å². The van der Waals surface area contributed by atoms with Crippen LogP contribution < -0.4 is 0 Å². The van der Waals surface area contributed by atoms with E-state index in [1.54, 1.807) is 6.20 Å². The van der Waals surface area contributed by atoms with Crippen LogP contribution >= 0.6 is 0 Å². The van der Waals surface area contributed by atoms with Gasteiger partial charge in [0.15, 0.2) is 6.39 Å². The molecule has 0 amide bonds. The molecule has 1 fully saturated rings. The van der Waals surface area contributed by atoms with Crippen LogP contribution in [-0.4, -0.2) is 16.1 Å². The number of hydrogen-bond acceptors (Lipinski definition) is 3. The summed E-state index contributed by atoms with van der Waals surface area (Å²) in [5, 5.41) is 8.90. The van der Waals surface area contributed by atoms with Gasteiger partial charge in [-0.05, 0) is 5.41 Å². The van der Waals surface area contributed by atoms with E-state index in [4.69, 9.17) is 9.52 Å². The maximum Gasteiger partial charge on any atom is 0.307 e. The summed E-state index contributed by atoms with van der Waals surface area (Å²) in [5.74, 6) is -0.434. The Bertz CT molecular complexity index is 329. The molecule has 0 aliphatic heterocycles. The van der Waals surface area contributed by atoms with E-state index in [0.717, 1.165) is 0 Å². The molecule has 1 N–H and O–H groups in total. The molecule has 0 aromatic carbocycles. The summed E-state index contributed by atoms with van der Waals surface area (Å²) in [5.41, 5.74) is -0.203. The van der Waals surface area contributed by atoms with Crippen molar-refractivity contribution in [3.05, 3.63) is 18.4 Å². The number of rotatable bonds is 2. The Morgan fingerprint density at radius 3 is 2.77 bits per heavy atom. The first-order valence-electron chi connectivity index (χ1n) is 4.16. The lowest BCUT2D eigenvalue weighted by molar-refractivity contribution is -0.139. The summed E-state index contributed by atoms with van der Waals surface area (Å²) < 4.78 is 5.10. The Morgan fingerprint density at radius 1 is 1.69 bits per heavy atom. The zero-order chi connectivity index (χ0) is 9.64. The molecule has 2 unspecified atom stereocenters. The van der Waals surface area contributed by atoms with Crippen molar-refractivity contribution in [2.24, 2.45) is 11.3 Å². The topological polar surface area (TPSA) is 63.3 Å². The van der Waals surface area contributed by atoms with Crippen LogP contribution in [0, 0.1) is 11.3 Å². The molecule has 13 heavy (non-hydrogen) atoms. The largest absolute Gasteiger partial charge is 0.481 e. The van der Waals surface area contributed by atoms with Crippen molar-refractivity contribution in [1.29, 1.82) is 0 Å². The molecule has 4 heteroatoms. The van der Waals surface area contributed by atoms with Gasteiger partial charge < -0.3 is 9.52 Å². The van der Waals surface area contributed by atoms with Crippen molar-refractivity contribution < 1.29 is 14.3 Å². The van der Waals surface area contributed by atoms with Crippen LogP contribution in [0.5, 0.6) is 0 Å². The number of carboxylic acids is 1. The lowest BCUT2D eigenvalue weighted by Gasteiger charge is -1.96. The van der Waals surface area contributed by atoms with Gasteiger partial charge in [0.25, 0.3) is 0 Å². The molecule has 4 nitrogen and oxygen atoms in total. The lowest BCUT2D eigenvalue weighted by atomic mass is 10.1. The molecule has 1 saturated carbocycles. The van der Waals surface area contributed by atoms with Gasteiger partial charge in [-0.3, -0.25) is 4.79 Å². The fourth-order valence-corrected chi connectivity index (χ4v) is 2.01. The standard InChI is InChI=1S/C9H11NO3/c1-9(2)6(7(9)8(11)12)5-3-10-4-13-5/h3-4,6-7H,1-2H3,(H,11,12). The van der Waals surface area contributed by atoms with Crippen molar-refractivity contribution in [2.75, 3.05) is 0 Å². The van der Waals surface area contributed by atoms with Gasteiger partial charge in [-0.1, -0.05) is 13.8 Å². The molecule has 70 valence electrons.